The Labute approximate surface area is 174 Å². The zero-order valence-corrected chi connectivity index (χ0v) is 17.1. The molecule has 0 fully saturated rings. The lowest BCUT2D eigenvalue weighted by Crippen LogP contribution is -2.11. The summed E-state index contributed by atoms with van der Waals surface area (Å²) in [5, 5.41) is 8.10. The van der Waals surface area contributed by atoms with Gasteiger partial charge in [0.15, 0.2) is 0 Å². The second kappa shape index (κ2) is 8.82. The van der Waals surface area contributed by atoms with Gasteiger partial charge < -0.3 is 19.1 Å². The molecule has 0 aliphatic rings. The highest BCUT2D eigenvalue weighted by Gasteiger charge is 2.10. The molecule has 0 unspecified atom stereocenters. The summed E-state index contributed by atoms with van der Waals surface area (Å²) in [4.78, 5) is 16.7. The first-order valence-corrected chi connectivity index (χ1v) is 10.0. The Morgan fingerprint density at radius 2 is 2.00 bits per heavy atom. The zero-order valence-electron chi connectivity index (χ0n) is 17.1. The predicted molar refractivity (Wildman–Crippen MR) is 115 cm³/mol. The number of ether oxygens (including phenoxy) is 1. The third-order valence-corrected chi connectivity index (χ3v) is 5.01. The Kier molecular flexibility index (Phi) is 5.79. The number of rotatable bonds is 8. The van der Waals surface area contributed by atoms with E-state index in [9.17, 15) is 4.79 Å². The van der Waals surface area contributed by atoms with Crippen LogP contribution in [0.4, 0.5) is 5.69 Å². The lowest BCUT2D eigenvalue weighted by atomic mass is 10.2. The third-order valence-electron chi connectivity index (χ3n) is 5.01. The Morgan fingerprint density at radius 3 is 2.77 bits per heavy atom. The van der Waals surface area contributed by atoms with Crippen molar-refractivity contribution in [1.29, 1.82) is 0 Å². The summed E-state index contributed by atoms with van der Waals surface area (Å²) < 4.78 is 12.6. The predicted octanol–water partition coefficient (Wildman–Crippen LogP) is 4.68. The first-order chi connectivity index (χ1) is 14.7. The van der Waals surface area contributed by atoms with E-state index in [-0.39, 0.29) is 5.91 Å². The molecular formula is C23H24N4O3. The van der Waals surface area contributed by atoms with Crippen molar-refractivity contribution in [3.05, 3.63) is 60.6 Å². The number of nitrogens with zero attached hydrogens (tertiary/aromatic N) is 3. The highest BCUT2D eigenvalue weighted by Crippen LogP contribution is 2.22. The molecule has 0 spiro atoms. The number of aromatic nitrogens is 3. The summed E-state index contributed by atoms with van der Waals surface area (Å²) in [6.07, 6.45) is 3.62. The lowest BCUT2D eigenvalue weighted by molar-refractivity contribution is -0.116. The number of benzene rings is 2. The second-order valence-electron chi connectivity index (χ2n) is 7.02. The molecule has 0 saturated carbocycles. The van der Waals surface area contributed by atoms with Gasteiger partial charge >= 0.3 is 0 Å². The average molecular weight is 404 g/mol. The number of methoxy groups -OCH3 is 1. The van der Waals surface area contributed by atoms with Crippen molar-refractivity contribution in [1.82, 2.24) is 14.7 Å². The van der Waals surface area contributed by atoms with E-state index in [1.165, 1.54) is 5.52 Å². The van der Waals surface area contributed by atoms with Crippen LogP contribution in [0.25, 0.3) is 22.3 Å². The van der Waals surface area contributed by atoms with Crippen LogP contribution >= 0.6 is 0 Å². The number of nitrogens with one attached hydrogen (secondary N) is 1. The molecule has 4 rings (SSSR count). The van der Waals surface area contributed by atoms with E-state index in [0.29, 0.717) is 31.0 Å². The number of anilines is 1. The van der Waals surface area contributed by atoms with Crippen LogP contribution in [0.15, 0.2) is 59.3 Å². The standard InChI is InChI=1S/C23H24N4O3/c1-3-27-14-13-17-15-18(9-12-20(17)27)24-21(28)5-4-6-22-25-23(26-30-22)16-7-10-19(29-2)11-8-16/h7-15H,3-6H2,1-2H3,(H,24,28). The summed E-state index contributed by atoms with van der Waals surface area (Å²) >= 11 is 0. The number of aryl methyl sites for hydroxylation is 2. The highest BCUT2D eigenvalue weighted by atomic mass is 16.5. The van der Waals surface area contributed by atoms with E-state index >= 15 is 0 Å². The van der Waals surface area contributed by atoms with Crippen LogP contribution in [-0.4, -0.2) is 27.7 Å². The summed E-state index contributed by atoms with van der Waals surface area (Å²) in [6, 6.07) is 15.5. The van der Waals surface area contributed by atoms with Crippen LogP contribution in [0, 0.1) is 0 Å². The van der Waals surface area contributed by atoms with Gasteiger partial charge in [0, 0.05) is 47.7 Å². The molecule has 154 valence electrons. The number of carbonyl (C=O) groups is 1. The van der Waals surface area contributed by atoms with Gasteiger partial charge in [-0.25, -0.2) is 0 Å². The molecule has 0 radical (unpaired) electrons. The number of fused-ring (bicyclic) bond motifs is 1. The zero-order chi connectivity index (χ0) is 20.9. The van der Waals surface area contributed by atoms with Crippen LogP contribution < -0.4 is 10.1 Å². The topological polar surface area (TPSA) is 82.2 Å². The van der Waals surface area contributed by atoms with Gasteiger partial charge in [-0.3, -0.25) is 4.79 Å². The largest absolute Gasteiger partial charge is 0.497 e. The summed E-state index contributed by atoms with van der Waals surface area (Å²) in [7, 11) is 1.62. The van der Waals surface area contributed by atoms with Crippen LogP contribution in [0.1, 0.15) is 25.7 Å². The van der Waals surface area contributed by atoms with Crippen molar-refractivity contribution in [3.8, 4) is 17.1 Å². The minimum Gasteiger partial charge on any atom is -0.497 e. The quantitative estimate of drug-likeness (QED) is 0.461. The molecule has 0 aliphatic heterocycles. The van der Waals surface area contributed by atoms with Crippen LogP contribution in [0.5, 0.6) is 5.75 Å². The normalized spacial score (nSPS) is 11.0. The molecule has 1 N–H and O–H groups in total. The average Bonchev–Trinajstić information content (AvgIpc) is 3.40. The lowest BCUT2D eigenvalue weighted by Gasteiger charge is -2.06. The molecule has 2 aromatic heterocycles. The van der Waals surface area contributed by atoms with E-state index < -0.39 is 0 Å². The minimum atomic E-state index is -0.0285. The minimum absolute atomic E-state index is 0.0285. The maximum absolute atomic E-state index is 12.3. The summed E-state index contributed by atoms with van der Waals surface area (Å²) in [5.41, 5.74) is 2.83. The van der Waals surface area contributed by atoms with E-state index in [1.54, 1.807) is 7.11 Å². The van der Waals surface area contributed by atoms with Gasteiger partial charge in [-0.05, 0) is 61.9 Å². The van der Waals surface area contributed by atoms with Gasteiger partial charge in [0.1, 0.15) is 5.75 Å². The summed E-state index contributed by atoms with van der Waals surface area (Å²) in [5.74, 6) is 1.80. The first kappa shape index (κ1) is 19.7. The monoisotopic (exact) mass is 404 g/mol. The SMILES string of the molecule is CCn1ccc2cc(NC(=O)CCCc3nc(-c4ccc(OC)cc4)no3)ccc21. The van der Waals surface area contributed by atoms with Crippen LogP contribution in [0.3, 0.4) is 0 Å². The number of hydrogen-bond acceptors (Lipinski definition) is 5. The van der Waals surface area contributed by atoms with Gasteiger partial charge in [0.25, 0.3) is 0 Å². The van der Waals surface area contributed by atoms with Crippen molar-refractivity contribution in [3.63, 3.8) is 0 Å². The van der Waals surface area contributed by atoms with Crippen molar-refractivity contribution in [2.45, 2.75) is 32.7 Å². The maximum Gasteiger partial charge on any atom is 0.226 e. The van der Waals surface area contributed by atoms with Gasteiger partial charge in [-0.2, -0.15) is 4.98 Å². The molecule has 30 heavy (non-hydrogen) atoms. The molecule has 0 bridgehead atoms. The molecule has 2 aromatic carbocycles. The molecular weight excluding hydrogens is 380 g/mol. The first-order valence-electron chi connectivity index (χ1n) is 10.0. The van der Waals surface area contributed by atoms with Crippen molar-refractivity contribution < 1.29 is 14.1 Å². The fourth-order valence-corrected chi connectivity index (χ4v) is 3.39. The van der Waals surface area contributed by atoms with Crippen LogP contribution in [0.2, 0.25) is 0 Å². The van der Waals surface area contributed by atoms with Crippen molar-refractivity contribution in [2.75, 3.05) is 12.4 Å². The third kappa shape index (κ3) is 4.35. The second-order valence-corrected chi connectivity index (χ2v) is 7.02. The number of hydrogen-bond donors (Lipinski definition) is 1. The smallest absolute Gasteiger partial charge is 0.226 e. The molecule has 7 heteroatoms. The Morgan fingerprint density at radius 1 is 1.17 bits per heavy atom. The Hall–Kier alpha value is -3.61. The van der Waals surface area contributed by atoms with Crippen molar-refractivity contribution in [2.24, 2.45) is 0 Å². The van der Waals surface area contributed by atoms with Crippen LogP contribution in [-0.2, 0) is 17.8 Å². The molecule has 7 nitrogen and oxygen atoms in total. The molecule has 1 amide bonds. The molecule has 0 saturated heterocycles. The molecule has 0 aliphatic carbocycles. The molecule has 0 atom stereocenters. The molecule has 2 heterocycles. The maximum atomic E-state index is 12.3. The Bertz CT molecular complexity index is 1140. The van der Waals surface area contributed by atoms with E-state index in [0.717, 1.165) is 28.9 Å². The van der Waals surface area contributed by atoms with Gasteiger partial charge in [-0.1, -0.05) is 5.16 Å². The van der Waals surface area contributed by atoms with Gasteiger partial charge in [-0.15, -0.1) is 0 Å². The van der Waals surface area contributed by atoms with E-state index in [4.69, 9.17) is 9.26 Å². The summed E-state index contributed by atoms with van der Waals surface area (Å²) in [6.45, 7) is 3.03. The highest BCUT2D eigenvalue weighted by molar-refractivity contribution is 5.93. The number of carbonyl (C=O) groups excluding carboxylic acids is 1. The fourth-order valence-electron chi connectivity index (χ4n) is 3.39. The molecule has 4 aromatic rings. The van der Waals surface area contributed by atoms with Gasteiger partial charge in [0.05, 0.1) is 7.11 Å². The van der Waals surface area contributed by atoms with E-state index in [1.807, 2.05) is 42.5 Å². The van der Waals surface area contributed by atoms with E-state index in [2.05, 4.69) is 39.2 Å². The number of amides is 1. The van der Waals surface area contributed by atoms with Gasteiger partial charge in [0.2, 0.25) is 17.6 Å². The van der Waals surface area contributed by atoms with Crippen molar-refractivity contribution >= 4 is 22.5 Å². The Balaban J connectivity index is 1.29. The fraction of sp³-hybridized carbons (Fsp3) is 0.261.